The lowest BCUT2D eigenvalue weighted by molar-refractivity contribution is -0.384. The van der Waals surface area contributed by atoms with Gasteiger partial charge >= 0.3 is 12.6 Å². The molecule has 7 nitrogen and oxygen atoms in total. The molecule has 0 saturated carbocycles. The van der Waals surface area contributed by atoms with E-state index in [1.54, 1.807) is 0 Å². The van der Waals surface area contributed by atoms with E-state index in [0.29, 0.717) is 5.56 Å². The maximum Gasteiger partial charge on any atom is 0.387 e. The van der Waals surface area contributed by atoms with Crippen molar-refractivity contribution in [3.05, 3.63) is 64.0 Å². The number of hydrogen-bond donors (Lipinski definition) is 2. The molecule has 0 aliphatic carbocycles. The first-order valence-corrected chi connectivity index (χ1v) is 6.87. The van der Waals surface area contributed by atoms with Gasteiger partial charge in [0.15, 0.2) is 0 Å². The van der Waals surface area contributed by atoms with E-state index < -0.39 is 34.8 Å². The minimum Gasteiger partial charge on any atom is -0.433 e. The number of rotatable bonds is 6. The van der Waals surface area contributed by atoms with Crippen molar-refractivity contribution >= 4 is 17.4 Å². The van der Waals surface area contributed by atoms with Crippen LogP contribution in [0.15, 0.2) is 42.5 Å². The number of nitrogens with one attached hydrogen (secondary N) is 2. The molecule has 2 aromatic carbocycles. The topological polar surface area (TPSA) is 93.5 Å². The van der Waals surface area contributed by atoms with Crippen LogP contribution < -0.4 is 15.4 Å². The van der Waals surface area contributed by atoms with Gasteiger partial charge in [0.25, 0.3) is 5.69 Å². The van der Waals surface area contributed by atoms with E-state index >= 15 is 0 Å². The predicted molar refractivity (Wildman–Crippen MR) is 82.0 cm³/mol. The van der Waals surface area contributed by atoms with E-state index in [9.17, 15) is 28.1 Å². The van der Waals surface area contributed by atoms with Crippen LogP contribution >= 0.6 is 0 Å². The third kappa shape index (κ3) is 5.37. The molecule has 0 fully saturated rings. The van der Waals surface area contributed by atoms with Crippen molar-refractivity contribution in [3.63, 3.8) is 0 Å². The normalized spacial score (nSPS) is 10.4. The number of nitro groups is 1. The molecule has 2 amide bonds. The van der Waals surface area contributed by atoms with Gasteiger partial charge in [0, 0.05) is 18.7 Å². The van der Waals surface area contributed by atoms with Gasteiger partial charge < -0.3 is 15.4 Å². The average molecular weight is 355 g/mol. The largest absolute Gasteiger partial charge is 0.433 e. The SMILES string of the molecule is O=C(NCc1ccc(F)cc1)Nc1cc([N+](=O)[O-])ccc1OC(F)F. The van der Waals surface area contributed by atoms with Crippen molar-refractivity contribution in [1.82, 2.24) is 5.32 Å². The first kappa shape index (κ1) is 18.0. The quantitative estimate of drug-likeness (QED) is 0.611. The van der Waals surface area contributed by atoms with Crippen LogP contribution in [0, 0.1) is 15.9 Å². The molecule has 2 aromatic rings. The van der Waals surface area contributed by atoms with Crippen molar-refractivity contribution in [2.75, 3.05) is 5.32 Å². The number of alkyl halides is 2. The van der Waals surface area contributed by atoms with Gasteiger partial charge in [0.1, 0.15) is 11.6 Å². The summed E-state index contributed by atoms with van der Waals surface area (Å²) in [6, 6.07) is 7.36. The molecule has 2 N–H and O–H groups in total. The molecule has 2 rings (SSSR count). The average Bonchev–Trinajstić information content (AvgIpc) is 2.55. The van der Waals surface area contributed by atoms with Gasteiger partial charge in [-0.3, -0.25) is 10.1 Å². The molecule has 0 heterocycles. The Balaban J connectivity index is 2.08. The highest BCUT2D eigenvalue weighted by Crippen LogP contribution is 2.30. The second-order valence-corrected chi connectivity index (χ2v) is 4.75. The molecule has 0 aromatic heterocycles. The van der Waals surface area contributed by atoms with Crippen molar-refractivity contribution in [2.24, 2.45) is 0 Å². The van der Waals surface area contributed by atoms with Gasteiger partial charge in [-0.1, -0.05) is 12.1 Å². The zero-order valence-electron chi connectivity index (χ0n) is 12.5. The minimum atomic E-state index is -3.16. The molecule has 0 saturated heterocycles. The van der Waals surface area contributed by atoms with Crippen LogP contribution in [-0.4, -0.2) is 17.6 Å². The molecule has 0 bridgehead atoms. The van der Waals surface area contributed by atoms with E-state index in [1.165, 1.54) is 24.3 Å². The molecule has 132 valence electrons. The smallest absolute Gasteiger partial charge is 0.387 e. The minimum absolute atomic E-state index is 0.0338. The highest BCUT2D eigenvalue weighted by Gasteiger charge is 2.16. The second kappa shape index (κ2) is 7.99. The van der Waals surface area contributed by atoms with E-state index in [4.69, 9.17) is 0 Å². The van der Waals surface area contributed by atoms with Crippen molar-refractivity contribution in [2.45, 2.75) is 13.2 Å². The van der Waals surface area contributed by atoms with Crippen LogP contribution in [0.5, 0.6) is 5.75 Å². The summed E-state index contributed by atoms with van der Waals surface area (Å²) in [6.45, 7) is -3.13. The Kier molecular flexibility index (Phi) is 5.77. The number of amides is 2. The number of non-ortho nitro benzene ring substituents is 1. The van der Waals surface area contributed by atoms with Crippen LogP contribution in [0.1, 0.15) is 5.56 Å². The number of carbonyl (C=O) groups is 1. The number of carbonyl (C=O) groups excluding carboxylic acids is 1. The number of hydrogen-bond acceptors (Lipinski definition) is 4. The maximum absolute atomic E-state index is 12.8. The van der Waals surface area contributed by atoms with Crippen LogP contribution in [0.4, 0.5) is 29.3 Å². The van der Waals surface area contributed by atoms with Gasteiger partial charge in [-0.05, 0) is 23.8 Å². The monoisotopic (exact) mass is 355 g/mol. The molecule has 0 radical (unpaired) electrons. The van der Waals surface area contributed by atoms with Crippen molar-refractivity contribution in [1.29, 1.82) is 0 Å². The Morgan fingerprint density at radius 1 is 1.20 bits per heavy atom. The number of anilines is 1. The highest BCUT2D eigenvalue weighted by atomic mass is 19.3. The first-order chi connectivity index (χ1) is 11.8. The Labute approximate surface area is 139 Å². The third-order valence-electron chi connectivity index (χ3n) is 3.00. The van der Waals surface area contributed by atoms with Crippen molar-refractivity contribution in [3.8, 4) is 5.75 Å². The van der Waals surface area contributed by atoms with E-state index in [-0.39, 0.29) is 12.2 Å². The van der Waals surface area contributed by atoms with Gasteiger partial charge in [0.2, 0.25) is 0 Å². The number of nitro benzene ring substituents is 1. The number of nitrogens with zero attached hydrogens (tertiary/aromatic N) is 1. The Hall–Kier alpha value is -3.30. The summed E-state index contributed by atoms with van der Waals surface area (Å²) >= 11 is 0. The zero-order valence-corrected chi connectivity index (χ0v) is 12.5. The summed E-state index contributed by atoms with van der Waals surface area (Å²) in [5, 5.41) is 15.4. The Morgan fingerprint density at radius 3 is 2.48 bits per heavy atom. The Morgan fingerprint density at radius 2 is 1.88 bits per heavy atom. The highest BCUT2D eigenvalue weighted by molar-refractivity contribution is 5.91. The van der Waals surface area contributed by atoms with Crippen LogP contribution in [0.25, 0.3) is 0 Å². The summed E-state index contributed by atoms with van der Waals surface area (Å²) in [6.07, 6.45) is 0. The van der Waals surface area contributed by atoms with E-state index in [1.807, 2.05) is 0 Å². The zero-order chi connectivity index (χ0) is 18.4. The summed E-state index contributed by atoms with van der Waals surface area (Å²) in [7, 11) is 0. The van der Waals surface area contributed by atoms with Crippen LogP contribution in [-0.2, 0) is 6.54 Å². The molecule has 10 heteroatoms. The summed E-state index contributed by atoms with van der Waals surface area (Å²) < 4.78 is 41.8. The molecule has 0 spiro atoms. The lowest BCUT2D eigenvalue weighted by Gasteiger charge is -2.12. The molecule has 0 atom stereocenters. The fourth-order valence-electron chi connectivity index (χ4n) is 1.88. The van der Waals surface area contributed by atoms with Crippen LogP contribution in [0.3, 0.4) is 0 Å². The van der Waals surface area contributed by atoms with Gasteiger partial charge in [0.05, 0.1) is 10.6 Å². The van der Waals surface area contributed by atoms with Crippen LogP contribution in [0.2, 0.25) is 0 Å². The summed E-state index contributed by atoms with van der Waals surface area (Å²) in [4.78, 5) is 21.9. The molecule has 25 heavy (non-hydrogen) atoms. The number of ether oxygens (including phenoxy) is 1. The lowest BCUT2D eigenvalue weighted by atomic mass is 10.2. The maximum atomic E-state index is 12.8. The standard InChI is InChI=1S/C15H12F3N3O4/c16-10-3-1-9(2-4-10)8-19-15(22)20-12-7-11(21(23)24)5-6-13(12)25-14(17)18/h1-7,14H,8H2,(H2,19,20,22). The molecule has 0 unspecified atom stereocenters. The lowest BCUT2D eigenvalue weighted by Crippen LogP contribution is -2.28. The third-order valence-corrected chi connectivity index (χ3v) is 3.00. The molecular weight excluding hydrogens is 343 g/mol. The van der Waals surface area contributed by atoms with Gasteiger partial charge in [-0.25, -0.2) is 9.18 Å². The van der Waals surface area contributed by atoms with Gasteiger partial charge in [-0.15, -0.1) is 0 Å². The Bertz CT molecular complexity index is 769. The van der Waals surface area contributed by atoms with Crippen molar-refractivity contribution < 1.29 is 27.6 Å². The van der Waals surface area contributed by atoms with Gasteiger partial charge in [-0.2, -0.15) is 8.78 Å². The first-order valence-electron chi connectivity index (χ1n) is 6.87. The fourth-order valence-corrected chi connectivity index (χ4v) is 1.88. The number of benzene rings is 2. The number of urea groups is 1. The van der Waals surface area contributed by atoms with E-state index in [0.717, 1.165) is 18.2 Å². The predicted octanol–water partition coefficient (Wildman–Crippen LogP) is 3.66. The molecule has 0 aliphatic rings. The molecular formula is C15H12F3N3O4. The number of halogens is 3. The molecule has 0 aliphatic heterocycles. The fraction of sp³-hybridized carbons (Fsp3) is 0.133. The summed E-state index contributed by atoms with van der Waals surface area (Å²) in [5.74, 6) is -0.851. The summed E-state index contributed by atoms with van der Waals surface area (Å²) in [5.41, 5.74) is -0.0961. The second-order valence-electron chi connectivity index (χ2n) is 4.75. The van der Waals surface area contributed by atoms with E-state index in [2.05, 4.69) is 15.4 Å².